The molecule has 0 spiro atoms. The molecule has 0 fully saturated rings. The van der Waals surface area contributed by atoms with Gasteiger partial charge in [0.05, 0.1) is 11.3 Å². The van der Waals surface area contributed by atoms with Gasteiger partial charge in [0.2, 0.25) is 3.79 Å². The molecular formula is C17H14Cl3N3O3S. The van der Waals surface area contributed by atoms with E-state index in [0.29, 0.717) is 5.56 Å². The van der Waals surface area contributed by atoms with Gasteiger partial charge in [0, 0.05) is 5.56 Å². The molecular weight excluding hydrogens is 433 g/mol. The number of hydrogen-bond donors (Lipinski definition) is 4. The summed E-state index contributed by atoms with van der Waals surface area (Å²) in [7, 11) is 0. The van der Waals surface area contributed by atoms with Crippen LogP contribution in [0.2, 0.25) is 0 Å². The number of benzene rings is 2. The van der Waals surface area contributed by atoms with Crippen molar-refractivity contribution >= 4 is 69.7 Å². The predicted molar refractivity (Wildman–Crippen MR) is 111 cm³/mol. The van der Waals surface area contributed by atoms with Gasteiger partial charge in [-0.2, -0.15) is 0 Å². The van der Waals surface area contributed by atoms with E-state index in [4.69, 9.17) is 47.0 Å². The van der Waals surface area contributed by atoms with Crippen molar-refractivity contribution in [2.24, 2.45) is 0 Å². The number of rotatable bonds is 5. The van der Waals surface area contributed by atoms with Crippen LogP contribution in [0.15, 0.2) is 54.6 Å². The van der Waals surface area contributed by atoms with Gasteiger partial charge >= 0.3 is 5.97 Å². The van der Waals surface area contributed by atoms with Crippen LogP contribution in [-0.4, -0.2) is 32.1 Å². The van der Waals surface area contributed by atoms with Gasteiger partial charge < -0.3 is 21.1 Å². The highest BCUT2D eigenvalue weighted by atomic mass is 35.6. The summed E-state index contributed by atoms with van der Waals surface area (Å²) in [6.07, 6.45) is -1.17. The van der Waals surface area contributed by atoms with Crippen molar-refractivity contribution in [2.45, 2.75) is 9.96 Å². The molecule has 1 atom stereocenters. The molecule has 0 aliphatic rings. The van der Waals surface area contributed by atoms with Crippen LogP contribution in [0.3, 0.4) is 0 Å². The van der Waals surface area contributed by atoms with E-state index >= 15 is 0 Å². The molecule has 0 aliphatic heterocycles. The van der Waals surface area contributed by atoms with E-state index in [1.165, 1.54) is 12.1 Å². The molecule has 1 amide bonds. The number of amides is 1. The molecule has 142 valence electrons. The molecule has 2 rings (SSSR count). The molecule has 4 N–H and O–H groups in total. The predicted octanol–water partition coefficient (Wildman–Crippen LogP) is 3.80. The molecule has 0 aromatic heterocycles. The maximum atomic E-state index is 12.3. The summed E-state index contributed by atoms with van der Waals surface area (Å²) in [6, 6.07) is 14.5. The summed E-state index contributed by atoms with van der Waals surface area (Å²) in [5.74, 6) is -1.61. The first-order valence-electron chi connectivity index (χ1n) is 7.51. The molecule has 0 bridgehead atoms. The summed E-state index contributed by atoms with van der Waals surface area (Å²) < 4.78 is -1.93. The molecule has 0 saturated carbocycles. The molecule has 0 radical (unpaired) electrons. The number of alkyl halides is 3. The lowest BCUT2D eigenvalue weighted by Crippen LogP contribution is -2.56. The van der Waals surface area contributed by atoms with Crippen molar-refractivity contribution in [1.29, 1.82) is 0 Å². The molecule has 0 saturated heterocycles. The average Bonchev–Trinajstić information content (AvgIpc) is 2.61. The smallest absolute Gasteiger partial charge is 0.337 e. The van der Waals surface area contributed by atoms with Crippen molar-refractivity contribution < 1.29 is 14.7 Å². The Balaban J connectivity index is 2.11. The van der Waals surface area contributed by atoms with E-state index in [1.807, 2.05) is 0 Å². The number of anilines is 1. The minimum Gasteiger partial charge on any atom is -0.478 e. The lowest BCUT2D eigenvalue weighted by molar-refractivity contribution is 0.0697. The third-order valence-electron chi connectivity index (χ3n) is 3.32. The zero-order valence-electron chi connectivity index (χ0n) is 13.6. The summed E-state index contributed by atoms with van der Waals surface area (Å²) in [4.78, 5) is 23.6. The van der Waals surface area contributed by atoms with Gasteiger partial charge in [0.1, 0.15) is 6.17 Å². The summed E-state index contributed by atoms with van der Waals surface area (Å²) in [5.41, 5.74) is 0.633. The van der Waals surface area contributed by atoms with Crippen LogP contribution in [0.4, 0.5) is 5.69 Å². The van der Waals surface area contributed by atoms with Crippen LogP contribution in [0.5, 0.6) is 0 Å². The lowest BCUT2D eigenvalue weighted by atomic mass is 10.2. The number of thiocarbonyl (C=S) groups is 1. The zero-order valence-corrected chi connectivity index (χ0v) is 16.7. The molecule has 10 heteroatoms. The fraction of sp³-hybridized carbons (Fsp3) is 0.118. The van der Waals surface area contributed by atoms with Crippen molar-refractivity contribution in [1.82, 2.24) is 10.6 Å². The third kappa shape index (κ3) is 6.25. The number of carboxylic acid groups (broad SMARTS) is 1. The van der Waals surface area contributed by atoms with Gasteiger partial charge in [0.25, 0.3) is 5.91 Å². The summed E-state index contributed by atoms with van der Waals surface area (Å²) >= 11 is 22.9. The topological polar surface area (TPSA) is 90.5 Å². The molecule has 0 aliphatic carbocycles. The van der Waals surface area contributed by atoms with Crippen molar-refractivity contribution in [3.63, 3.8) is 0 Å². The van der Waals surface area contributed by atoms with Crippen LogP contribution in [-0.2, 0) is 0 Å². The Bertz CT molecular complexity index is 844. The molecule has 2 aromatic rings. The van der Waals surface area contributed by atoms with Crippen LogP contribution in [0.25, 0.3) is 0 Å². The molecule has 27 heavy (non-hydrogen) atoms. The van der Waals surface area contributed by atoms with E-state index < -0.39 is 21.8 Å². The standard InChI is InChI=1S/C17H14Cl3N3O3S/c18-17(19,20)15(22-13(24)10-6-2-1-3-7-10)23-16(27)21-12-9-5-4-8-11(12)14(25)26/h1-9,15H,(H,22,24)(H,25,26)(H2,21,23,27)/t15-/m0/s1. The minimum absolute atomic E-state index is 0.0143. The third-order valence-corrected chi connectivity index (χ3v) is 4.19. The van der Waals surface area contributed by atoms with E-state index in [9.17, 15) is 14.7 Å². The Morgan fingerprint density at radius 2 is 1.56 bits per heavy atom. The van der Waals surface area contributed by atoms with Crippen molar-refractivity contribution in [3.8, 4) is 0 Å². The second kappa shape index (κ2) is 9.23. The number of hydrogen-bond acceptors (Lipinski definition) is 3. The second-order valence-corrected chi connectivity index (χ2v) is 8.04. The van der Waals surface area contributed by atoms with E-state index in [2.05, 4.69) is 16.0 Å². The maximum absolute atomic E-state index is 12.3. The normalized spacial score (nSPS) is 12.0. The highest BCUT2D eigenvalue weighted by molar-refractivity contribution is 7.80. The second-order valence-electron chi connectivity index (χ2n) is 5.26. The average molecular weight is 447 g/mol. The van der Waals surface area contributed by atoms with Gasteiger partial charge in [0.15, 0.2) is 5.11 Å². The van der Waals surface area contributed by atoms with Crippen molar-refractivity contribution in [3.05, 3.63) is 65.7 Å². The van der Waals surface area contributed by atoms with E-state index in [0.717, 1.165) is 0 Å². The summed E-state index contributed by atoms with van der Waals surface area (Å²) in [5, 5.41) is 17.1. The Morgan fingerprint density at radius 3 is 2.15 bits per heavy atom. The summed E-state index contributed by atoms with van der Waals surface area (Å²) in [6.45, 7) is 0. The SMILES string of the molecule is O=C(N[C@@H](NC(=S)Nc1ccccc1C(=O)O)C(Cl)(Cl)Cl)c1ccccc1. The largest absolute Gasteiger partial charge is 0.478 e. The van der Waals surface area contributed by atoms with Crippen LogP contribution in [0, 0.1) is 0 Å². The Morgan fingerprint density at radius 1 is 0.963 bits per heavy atom. The zero-order chi connectivity index (χ0) is 20.0. The van der Waals surface area contributed by atoms with Crippen LogP contribution >= 0.6 is 47.0 Å². The Hall–Kier alpha value is -2.06. The fourth-order valence-corrected chi connectivity index (χ4v) is 2.63. The number of aromatic carboxylic acids is 1. The first-order chi connectivity index (χ1) is 12.7. The number of carbonyl (C=O) groups excluding carboxylic acids is 1. The van der Waals surface area contributed by atoms with Crippen molar-refractivity contribution in [2.75, 3.05) is 5.32 Å². The van der Waals surface area contributed by atoms with E-state index in [1.54, 1.807) is 42.5 Å². The van der Waals surface area contributed by atoms with Gasteiger partial charge in [-0.15, -0.1) is 0 Å². The number of para-hydroxylation sites is 1. The maximum Gasteiger partial charge on any atom is 0.337 e. The highest BCUT2D eigenvalue weighted by Crippen LogP contribution is 2.29. The first kappa shape index (κ1) is 21.2. The van der Waals surface area contributed by atoms with Gasteiger partial charge in [-0.1, -0.05) is 65.1 Å². The fourth-order valence-electron chi connectivity index (χ4n) is 2.07. The molecule has 0 unspecified atom stereocenters. The van der Waals surface area contributed by atoms with Crippen LogP contribution in [0.1, 0.15) is 20.7 Å². The van der Waals surface area contributed by atoms with Crippen LogP contribution < -0.4 is 16.0 Å². The molecule has 6 nitrogen and oxygen atoms in total. The van der Waals surface area contributed by atoms with E-state index in [-0.39, 0.29) is 16.4 Å². The first-order valence-corrected chi connectivity index (χ1v) is 9.05. The van der Waals surface area contributed by atoms with Gasteiger partial charge in [-0.05, 0) is 36.5 Å². The monoisotopic (exact) mass is 445 g/mol. The Labute approximate surface area is 175 Å². The van der Waals surface area contributed by atoms with Gasteiger partial charge in [-0.3, -0.25) is 4.79 Å². The number of halogens is 3. The Kier molecular flexibility index (Phi) is 7.26. The number of carboxylic acids is 1. The molecule has 0 heterocycles. The van der Waals surface area contributed by atoms with Gasteiger partial charge in [-0.25, -0.2) is 4.79 Å². The lowest BCUT2D eigenvalue weighted by Gasteiger charge is -2.28. The number of nitrogens with one attached hydrogen (secondary N) is 3. The quantitative estimate of drug-likeness (QED) is 0.317. The number of carbonyl (C=O) groups is 2. The highest BCUT2D eigenvalue weighted by Gasteiger charge is 2.35. The molecule has 2 aromatic carbocycles. The minimum atomic E-state index is -1.93.